The Bertz CT molecular complexity index is 1070. The summed E-state index contributed by atoms with van der Waals surface area (Å²) in [6.07, 6.45) is 14.2. The van der Waals surface area contributed by atoms with Crippen LogP contribution in [-0.2, 0) is 19.6 Å². The van der Waals surface area contributed by atoms with Gasteiger partial charge in [-0.2, -0.15) is 5.10 Å². The van der Waals surface area contributed by atoms with E-state index in [-0.39, 0.29) is 0 Å². The molecule has 0 N–H and O–H groups in total. The summed E-state index contributed by atoms with van der Waals surface area (Å²) < 4.78 is 2.15. The maximum atomic E-state index is 4.79. The smallest absolute Gasteiger partial charge is 0.0781 e. The van der Waals surface area contributed by atoms with Crippen LogP contribution in [0, 0.1) is 5.41 Å². The number of fused-ring (bicyclic) bond motifs is 1. The summed E-state index contributed by atoms with van der Waals surface area (Å²) in [7, 11) is 0. The minimum absolute atomic E-state index is 0.397. The van der Waals surface area contributed by atoms with E-state index in [1.54, 1.807) is 0 Å². The van der Waals surface area contributed by atoms with Gasteiger partial charge in [-0.3, -0.25) is 14.6 Å². The molecule has 4 heteroatoms. The summed E-state index contributed by atoms with van der Waals surface area (Å²) in [5, 5.41) is 4.71. The monoisotopic (exact) mass is 398 g/mol. The number of pyridine rings is 1. The normalized spacial score (nSPS) is 20.6. The van der Waals surface area contributed by atoms with E-state index in [0.717, 1.165) is 31.4 Å². The van der Waals surface area contributed by atoms with Crippen LogP contribution < -0.4 is 0 Å². The molecular formula is C26H30N4. The molecule has 30 heavy (non-hydrogen) atoms. The van der Waals surface area contributed by atoms with E-state index in [4.69, 9.17) is 10.1 Å². The lowest BCUT2D eigenvalue weighted by molar-refractivity contribution is 0.268. The minimum atomic E-state index is 0.397. The van der Waals surface area contributed by atoms with Crippen molar-refractivity contribution in [3.05, 3.63) is 60.0 Å². The summed E-state index contributed by atoms with van der Waals surface area (Å²) in [5.74, 6) is 0. The van der Waals surface area contributed by atoms with Gasteiger partial charge in [0.1, 0.15) is 0 Å². The molecule has 2 fully saturated rings. The third-order valence-electron chi connectivity index (χ3n) is 7.40. The molecule has 0 unspecified atom stereocenters. The number of aromatic nitrogens is 3. The Hall–Kier alpha value is -2.46. The summed E-state index contributed by atoms with van der Waals surface area (Å²) in [6, 6.07) is 12.0. The van der Waals surface area contributed by atoms with Crippen molar-refractivity contribution in [1.82, 2.24) is 19.7 Å². The van der Waals surface area contributed by atoms with E-state index in [1.165, 1.54) is 66.3 Å². The zero-order chi connectivity index (χ0) is 20.1. The topological polar surface area (TPSA) is 34.0 Å². The van der Waals surface area contributed by atoms with Gasteiger partial charge in [-0.25, -0.2) is 0 Å². The highest BCUT2D eigenvalue weighted by atomic mass is 15.3. The summed E-state index contributed by atoms with van der Waals surface area (Å²) in [5.41, 5.74) is 7.99. The Morgan fingerprint density at radius 3 is 2.70 bits per heavy atom. The molecule has 6 rings (SSSR count). The lowest BCUT2D eigenvalue weighted by Gasteiger charge is -2.22. The third-order valence-corrected chi connectivity index (χ3v) is 7.40. The maximum Gasteiger partial charge on any atom is 0.0781 e. The maximum absolute atomic E-state index is 4.79. The number of benzene rings is 1. The number of hydrogen-bond acceptors (Lipinski definition) is 3. The molecule has 0 atom stereocenters. The number of nitrogens with zero attached hydrogens (tertiary/aromatic N) is 4. The first-order chi connectivity index (χ1) is 14.7. The molecule has 1 aliphatic heterocycles. The van der Waals surface area contributed by atoms with E-state index in [0.29, 0.717) is 5.41 Å². The SMILES string of the molecule is CC1(Cn2cc(-c3cccnc3-c3ccc4c(c3)CN(C3CC3)C4)cn2)CCCC1. The van der Waals surface area contributed by atoms with Gasteiger partial charge < -0.3 is 0 Å². The first-order valence-corrected chi connectivity index (χ1v) is 11.5. The molecule has 1 aromatic carbocycles. The molecule has 4 nitrogen and oxygen atoms in total. The molecule has 3 heterocycles. The Labute approximate surface area is 178 Å². The standard InChI is InChI=1S/C26H30N4/c1-26(10-2-3-11-26)18-30-17-22(14-28-30)24-5-4-12-27-25(24)19-6-7-20-15-29(23-8-9-23)16-21(20)13-19/h4-7,12-14,17,23H,2-3,8-11,15-16,18H2,1H3. The quantitative estimate of drug-likeness (QED) is 0.555. The van der Waals surface area contributed by atoms with E-state index >= 15 is 0 Å². The fourth-order valence-corrected chi connectivity index (χ4v) is 5.50. The van der Waals surface area contributed by atoms with Gasteiger partial charge in [-0.1, -0.05) is 38.0 Å². The van der Waals surface area contributed by atoms with Gasteiger partial charge in [0, 0.05) is 54.8 Å². The number of rotatable bonds is 5. The number of hydrogen-bond donors (Lipinski definition) is 0. The molecule has 0 bridgehead atoms. The first kappa shape index (κ1) is 18.3. The summed E-state index contributed by atoms with van der Waals surface area (Å²) >= 11 is 0. The highest BCUT2D eigenvalue weighted by Gasteiger charge is 2.33. The van der Waals surface area contributed by atoms with E-state index < -0.39 is 0 Å². The van der Waals surface area contributed by atoms with Crippen LogP contribution in [0.4, 0.5) is 0 Å². The Kier molecular flexibility index (Phi) is 4.31. The third kappa shape index (κ3) is 3.37. The van der Waals surface area contributed by atoms with Crippen molar-refractivity contribution in [2.45, 2.75) is 71.1 Å². The fraction of sp³-hybridized carbons (Fsp3) is 0.462. The lowest BCUT2D eigenvalue weighted by Crippen LogP contribution is -2.19. The van der Waals surface area contributed by atoms with E-state index in [9.17, 15) is 0 Å². The van der Waals surface area contributed by atoms with Gasteiger partial charge in [-0.05, 0) is 54.4 Å². The largest absolute Gasteiger partial charge is 0.292 e. The highest BCUT2D eigenvalue weighted by Crippen LogP contribution is 2.40. The molecule has 154 valence electrons. The van der Waals surface area contributed by atoms with Gasteiger partial charge in [0.15, 0.2) is 0 Å². The van der Waals surface area contributed by atoms with Gasteiger partial charge in [0.25, 0.3) is 0 Å². The second-order valence-corrected chi connectivity index (χ2v) is 9.96. The predicted octanol–water partition coefficient (Wildman–Crippen LogP) is 5.67. The van der Waals surface area contributed by atoms with Crippen molar-refractivity contribution in [2.24, 2.45) is 5.41 Å². The van der Waals surface area contributed by atoms with Crippen LogP contribution in [0.5, 0.6) is 0 Å². The zero-order valence-corrected chi connectivity index (χ0v) is 17.8. The Morgan fingerprint density at radius 1 is 1.03 bits per heavy atom. The van der Waals surface area contributed by atoms with Crippen LogP contribution in [0.15, 0.2) is 48.9 Å². The van der Waals surface area contributed by atoms with Crippen molar-refractivity contribution >= 4 is 0 Å². The average Bonchev–Trinajstić information content (AvgIpc) is 3.15. The van der Waals surface area contributed by atoms with Crippen LogP contribution in [-0.4, -0.2) is 25.7 Å². The summed E-state index contributed by atoms with van der Waals surface area (Å²) in [6.45, 7) is 5.62. The van der Waals surface area contributed by atoms with Crippen LogP contribution in [0.3, 0.4) is 0 Å². The van der Waals surface area contributed by atoms with Gasteiger partial charge >= 0.3 is 0 Å². The molecule has 0 radical (unpaired) electrons. The van der Waals surface area contributed by atoms with Crippen molar-refractivity contribution in [1.29, 1.82) is 0 Å². The van der Waals surface area contributed by atoms with Crippen LogP contribution in [0.25, 0.3) is 22.4 Å². The average molecular weight is 399 g/mol. The van der Waals surface area contributed by atoms with Crippen LogP contribution in [0.1, 0.15) is 56.6 Å². The second kappa shape index (κ2) is 7.05. The molecule has 2 saturated carbocycles. The van der Waals surface area contributed by atoms with Crippen molar-refractivity contribution in [3.63, 3.8) is 0 Å². The zero-order valence-electron chi connectivity index (χ0n) is 17.8. The van der Waals surface area contributed by atoms with Crippen LogP contribution in [0.2, 0.25) is 0 Å². The molecule has 2 aromatic heterocycles. The lowest BCUT2D eigenvalue weighted by atomic mass is 9.89. The highest BCUT2D eigenvalue weighted by molar-refractivity contribution is 5.80. The van der Waals surface area contributed by atoms with Crippen molar-refractivity contribution in [2.75, 3.05) is 0 Å². The molecule has 2 aliphatic carbocycles. The van der Waals surface area contributed by atoms with E-state index in [1.807, 2.05) is 18.5 Å². The van der Waals surface area contributed by atoms with Gasteiger partial charge in [0.2, 0.25) is 0 Å². The minimum Gasteiger partial charge on any atom is -0.292 e. The Morgan fingerprint density at radius 2 is 1.87 bits per heavy atom. The molecular weight excluding hydrogens is 368 g/mol. The van der Waals surface area contributed by atoms with E-state index in [2.05, 4.69) is 47.0 Å². The molecule has 3 aromatic rings. The van der Waals surface area contributed by atoms with Crippen molar-refractivity contribution < 1.29 is 0 Å². The van der Waals surface area contributed by atoms with Gasteiger partial charge in [-0.15, -0.1) is 0 Å². The predicted molar refractivity (Wildman–Crippen MR) is 120 cm³/mol. The second-order valence-electron chi connectivity index (χ2n) is 9.96. The summed E-state index contributed by atoms with van der Waals surface area (Å²) in [4.78, 5) is 7.42. The molecule has 3 aliphatic rings. The fourth-order valence-electron chi connectivity index (χ4n) is 5.50. The van der Waals surface area contributed by atoms with Crippen molar-refractivity contribution in [3.8, 4) is 22.4 Å². The van der Waals surface area contributed by atoms with Gasteiger partial charge in [0.05, 0.1) is 11.9 Å². The Balaban J connectivity index is 1.30. The van der Waals surface area contributed by atoms with Crippen LogP contribution >= 0.6 is 0 Å². The first-order valence-electron chi connectivity index (χ1n) is 11.5. The molecule has 0 spiro atoms. The molecule has 0 amide bonds. The molecule has 0 saturated heterocycles.